The molecule has 6 aromatic carbocycles. The second kappa shape index (κ2) is 12.9. The van der Waals surface area contributed by atoms with Crippen LogP contribution in [0.15, 0.2) is 176 Å². The van der Waals surface area contributed by atoms with Gasteiger partial charge in [0.05, 0.1) is 33.8 Å². The lowest BCUT2D eigenvalue weighted by atomic mass is 10.0. The van der Waals surface area contributed by atoms with Crippen molar-refractivity contribution in [3.05, 3.63) is 181 Å². The third-order valence-corrected chi connectivity index (χ3v) is 9.42. The summed E-state index contributed by atoms with van der Waals surface area (Å²) < 4.78 is 0. The van der Waals surface area contributed by atoms with Gasteiger partial charge in [0, 0.05) is 38.6 Å². The van der Waals surface area contributed by atoms with E-state index in [2.05, 4.69) is 140 Å². The Bertz CT molecular complexity index is 2670. The topological polar surface area (TPSA) is 51.6 Å². The lowest BCUT2D eigenvalue weighted by Crippen LogP contribution is -1.96. The third-order valence-electron chi connectivity index (χ3n) is 9.42. The molecule has 9 rings (SSSR count). The first-order valence-corrected chi connectivity index (χ1v) is 17.1. The highest BCUT2D eigenvalue weighted by molar-refractivity contribution is 6.05. The van der Waals surface area contributed by atoms with Gasteiger partial charge in [-0.05, 0) is 47.9 Å². The molecule has 0 bridgehead atoms. The predicted molar refractivity (Wildman–Crippen MR) is 210 cm³/mol. The zero-order valence-electron chi connectivity index (χ0n) is 28.0. The van der Waals surface area contributed by atoms with Gasteiger partial charge in [-0.1, -0.05) is 152 Å². The van der Waals surface area contributed by atoms with Gasteiger partial charge in [-0.25, -0.2) is 19.9 Å². The molecule has 0 aliphatic rings. The van der Waals surface area contributed by atoms with Gasteiger partial charge in [-0.2, -0.15) is 0 Å². The molecule has 0 radical (unpaired) electrons. The van der Waals surface area contributed by atoms with Crippen LogP contribution in [-0.2, 0) is 0 Å². The minimum Gasteiger partial charge on any atom is -0.245 e. The maximum atomic E-state index is 5.24. The summed E-state index contributed by atoms with van der Waals surface area (Å²) in [6, 6.07) is 60.8. The van der Waals surface area contributed by atoms with Crippen LogP contribution in [0.1, 0.15) is 5.56 Å². The van der Waals surface area contributed by atoms with Crippen molar-refractivity contribution in [2.75, 3.05) is 0 Å². The number of aromatic nitrogens is 4. The molecule has 0 N–H and O–H groups in total. The summed E-state index contributed by atoms with van der Waals surface area (Å²) in [4.78, 5) is 20.6. The van der Waals surface area contributed by atoms with Gasteiger partial charge in [0.15, 0.2) is 5.82 Å². The van der Waals surface area contributed by atoms with Crippen molar-refractivity contribution in [3.8, 4) is 67.5 Å². The molecule has 0 aliphatic carbocycles. The van der Waals surface area contributed by atoms with Crippen LogP contribution in [0.5, 0.6) is 0 Å². The fraction of sp³-hybridized carbons (Fsp3) is 0.0213. The Kier molecular flexibility index (Phi) is 7.67. The molecule has 0 aliphatic heterocycles. The molecule has 0 fully saturated rings. The molecule has 0 amide bonds. The molecular formula is C47H32N4. The maximum absolute atomic E-state index is 5.24. The van der Waals surface area contributed by atoms with Crippen LogP contribution in [0.2, 0.25) is 0 Å². The van der Waals surface area contributed by atoms with Crippen LogP contribution in [0.4, 0.5) is 0 Å². The van der Waals surface area contributed by atoms with Crippen molar-refractivity contribution >= 4 is 21.8 Å². The average Bonchev–Trinajstić information content (AvgIpc) is 3.21. The van der Waals surface area contributed by atoms with Gasteiger partial charge >= 0.3 is 0 Å². The van der Waals surface area contributed by atoms with Gasteiger partial charge < -0.3 is 0 Å². The molecule has 0 atom stereocenters. The molecule has 4 heteroatoms. The molecule has 3 heterocycles. The minimum atomic E-state index is 0.663. The summed E-state index contributed by atoms with van der Waals surface area (Å²) in [5.74, 6) is 0.663. The molecule has 0 spiro atoms. The van der Waals surface area contributed by atoms with Crippen LogP contribution in [0.3, 0.4) is 0 Å². The zero-order valence-corrected chi connectivity index (χ0v) is 28.0. The Morgan fingerprint density at radius 2 is 0.804 bits per heavy atom. The smallest absolute Gasteiger partial charge is 0.160 e. The minimum absolute atomic E-state index is 0.663. The molecule has 51 heavy (non-hydrogen) atoms. The Morgan fingerprint density at radius 3 is 1.47 bits per heavy atom. The first-order valence-electron chi connectivity index (χ1n) is 17.1. The molecule has 4 nitrogen and oxygen atoms in total. The summed E-state index contributed by atoms with van der Waals surface area (Å²) in [6.45, 7) is 2.14. The Hall–Kier alpha value is -6.78. The van der Waals surface area contributed by atoms with Crippen LogP contribution in [0.25, 0.3) is 89.4 Å². The van der Waals surface area contributed by atoms with E-state index >= 15 is 0 Å². The molecule has 3 aromatic heterocycles. The molecule has 240 valence electrons. The highest BCUT2D eigenvalue weighted by atomic mass is 14.9. The monoisotopic (exact) mass is 652 g/mol. The summed E-state index contributed by atoms with van der Waals surface area (Å²) in [5, 5.41) is 2.16. The maximum Gasteiger partial charge on any atom is 0.160 e. The molecule has 0 saturated carbocycles. The van der Waals surface area contributed by atoms with E-state index in [1.807, 2.05) is 42.5 Å². The first-order chi connectivity index (χ1) is 25.2. The number of benzene rings is 6. The van der Waals surface area contributed by atoms with Crippen molar-refractivity contribution in [1.82, 2.24) is 19.9 Å². The van der Waals surface area contributed by atoms with Crippen molar-refractivity contribution in [2.45, 2.75) is 6.92 Å². The predicted octanol–water partition coefficient (Wildman–Crippen LogP) is 11.9. The van der Waals surface area contributed by atoms with E-state index < -0.39 is 0 Å². The van der Waals surface area contributed by atoms with Gasteiger partial charge in [0.25, 0.3) is 0 Å². The molecule has 9 aromatic rings. The number of hydrogen-bond acceptors (Lipinski definition) is 4. The second-order valence-corrected chi connectivity index (χ2v) is 12.8. The quantitative estimate of drug-likeness (QED) is 0.168. The second-order valence-electron chi connectivity index (χ2n) is 12.8. The summed E-state index contributed by atoms with van der Waals surface area (Å²) in [6.07, 6.45) is 0. The van der Waals surface area contributed by atoms with E-state index in [-0.39, 0.29) is 0 Å². The van der Waals surface area contributed by atoms with E-state index in [4.69, 9.17) is 19.9 Å². The van der Waals surface area contributed by atoms with Gasteiger partial charge in [0.1, 0.15) is 0 Å². The fourth-order valence-corrected chi connectivity index (χ4v) is 6.72. The Labute approximate surface area is 296 Å². The largest absolute Gasteiger partial charge is 0.245 e. The van der Waals surface area contributed by atoms with E-state index in [9.17, 15) is 0 Å². The highest BCUT2D eigenvalue weighted by Gasteiger charge is 2.14. The standard InChI is InChI=1S/C47H32N4/c1-31-28-42(34-14-7-3-8-15-34)49-46-40(31)26-24-37-25-27-41(48-45(37)46)38-18-11-19-39(29-38)47-50-43(35-16-9-4-10-17-35)30-44(51-47)36-22-20-33(21-23-36)32-12-5-2-6-13-32/h2-30H,1H3. The van der Waals surface area contributed by atoms with E-state index in [0.29, 0.717) is 5.82 Å². The molecular weight excluding hydrogens is 621 g/mol. The fourth-order valence-electron chi connectivity index (χ4n) is 6.72. The lowest BCUT2D eigenvalue weighted by Gasteiger charge is -2.12. The number of nitrogens with zero attached hydrogens (tertiary/aromatic N) is 4. The molecule has 0 unspecified atom stereocenters. The van der Waals surface area contributed by atoms with Gasteiger partial charge in [-0.3, -0.25) is 0 Å². The number of fused-ring (bicyclic) bond motifs is 3. The highest BCUT2D eigenvalue weighted by Crippen LogP contribution is 2.33. The molecule has 0 saturated heterocycles. The van der Waals surface area contributed by atoms with Gasteiger partial charge in [0.2, 0.25) is 0 Å². The summed E-state index contributed by atoms with van der Waals surface area (Å²) in [5.41, 5.74) is 14.0. The number of rotatable bonds is 6. The average molecular weight is 653 g/mol. The first kappa shape index (κ1) is 30.3. The third kappa shape index (κ3) is 5.94. The number of pyridine rings is 2. The van der Waals surface area contributed by atoms with Gasteiger partial charge in [-0.15, -0.1) is 0 Å². The summed E-state index contributed by atoms with van der Waals surface area (Å²) >= 11 is 0. The lowest BCUT2D eigenvalue weighted by molar-refractivity contribution is 1.18. The Morgan fingerprint density at radius 1 is 0.314 bits per heavy atom. The van der Waals surface area contributed by atoms with Crippen LogP contribution >= 0.6 is 0 Å². The van der Waals surface area contributed by atoms with Crippen molar-refractivity contribution in [3.63, 3.8) is 0 Å². The SMILES string of the molecule is Cc1cc(-c2ccccc2)nc2c1ccc1ccc(-c3cccc(-c4nc(-c5ccccc5)cc(-c5ccc(-c6ccccc6)cc5)n4)c3)nc12. The van der Waals surface area contributed by atoms with E-state index in [1.165, 1.54) is 16.7 Å². The summed E-state index contributed by atoms with van der Waals surface area (Å²) in [7, 11) is 0. The van der Waals surface area contributed by atoms with Crippen molar-refractivity contribution < 1.29 is 0 Å². The van der Waals surface area contributed by atoms with Crippen molar-refractivity contribution in [2.24, 2.45) is 0 Å². The van der Waals surface area contributed by atoms with Crippen LogP contribution in [0, 0.1) is 6.92 Å². The Balaban J connectivity index is 1.14. The van der Waals surface area contributed by atoms with Crippen molar-refractivity contribution in [1.29, 1.82) is 0 Å². The number of hydrogen-bond donors (Lipinski definition) is 0. The van der Waals surface area contributed by atoms with Crippen LogP contribution in [-0.4, -0.2) is 19.9 Å². The van der Waals surface area contributed by atoms with E-state index in [1.54, 1.807) is 0 Å². The normalized spacial score (nSPS) is 11.2. The number of aryl methyl sites for hydroxylation is 1. The zero-order chi connectivity index (χ0) is 34.1. The van der Waals surface area contributed by atoms with Crippen LogP contribution < -0.4 is 0 Å². The van der Waals surface area contributed by atoms with E-state index in [0.717, 1.165) is 72.4 Å².